The highest BCUT2D eigenvalue weighted by atomic mass is 79.9. The van der Waals surface area contributed by atoms with Crippen LogP contribution < -0.4 is 10.1 Å². The van der Waals surface area contributed by atoms with Gasteiger partial charge in [0.15, 0.2) is 5.72 Å². The highest BCUT2D eigenvalue weighted by Gasteiger charge is 2.42. The summed E-state index contributed by atoms with van der Waals surface area (Å²) in [6.07, 6.45) is 1.53. The van der Waals surface area contributed by atoms with Crippen LogP contribution in [0.4, 0.5) is 0 Å². The topological polar surface area (TPSA) is 54.5 Å². The number of hydrogen-bond acceptors (Lipinski definition) is 5. The molecule has 0 atom stereocenters. The van der Waals surface area contributed by atoms with E-state index >= 15 is 0 Å². The van der Waals surface area contributed by atoms with Crippen molar-refractivity contribution < 1.29 is 9.53 Å². The monoisotopic (exact) mass is 443 g/mol. The summed E-state index contributed by atoms with van der Waals surface area (Å²) in [5.74, 6) is 0.610. The number of fused-ring (bicyclic) bond motifs is 2. The molecule has 1 N–H and O–H groups in total. The summed E-state index contributed by atoms with van der Waals surface area (Å²) in [5, 5.41) is 4.23. The molecule has 5 nitrogen and oxygen atoms in total. The van der Waals surface area contributed by atoms with Gasteiger partial charge in [-0.1, -0.05) is 28.1 Å². The predicted octanol–water partition coefficient (Wildman–Crippen LogP) is 4.17. The number of carbonyl (C=O) groups is 1. The molecule has 27 heavy (non-hydrogen) atoms. The Kier molecular flexibility index (Phi) is 4.18. The minimum atomic E-state index is -0.595. The van der Waals surface area contributed by atoms with Gasteiger partial charge in [0.05, 0.1) is 22.3 Å². The molecule has 0 unspecified atom stereocenters. The Bertz CT molecular complexity index is 994. The Morgan fingerprint density at radius 3 is 2.85 bits per heavy atom. The number of halogens is 1. The maximum absolute atomic E-state index is 12.5. The largest absolute Gasteiger partial charge is 0.467 e. The minimum Gasteiger partial charge on any atom is -0.467 e. The maximum atomic E-state index is 12.5. The van der Waals surface area contributed by atoms with Crippen LogP contribution in [0.15, 0.2) is 46.9 Å². The van der Waals surface area contributed by atoms with Gasteiger partial charge in [0.1, 0.15) is 10.8 Å². The summed E-state index contributed by atoms with van der Waals surface area (Å²) < 4.78 is 8.34. The van der Waals surface area contributed by atoms with Crippen LogP contribution in [0.5, 0.6) is 5.75 Å². The number of nitrogens with zero attached hydrogens (tertiary/aromatic N) is 2. The molecule has 138 valence electrons. The number of nitrogens with one attached hydrogen (secondary N) is 1. The molecule has 2 aliphatic heterocycles. The Morgan fingerprint density at radius 2 is 2.04 bits per heavy atom. The van der Waals surface area contributed by atoms with Gasteiger partial charge in [-0.05, 0) is 30.3 Å². The molecular weight excluding hydrogens is 426 g/mol. The number of benzene rings is 2. The number of carbonyl (C=O) groups excluding carboxylic acids is 1. The molecule has 3 aromatic rings. The maximum Gasteiger partial charge on any atom is 0.258 e. The molecule has 1 saturated heterocycles. The van der Waals surface area contributed by atoms with Crippen molar-refractivity contribution in [2.45, 2.75) is 25.1 Å². The fourth-order valence-corrected chi connectivity index (χ4v) is 5.13. The first-order chi connectivity index (χ1) is 13.1. The van der Waals surface area contributed by atoms with E-state index in [1.54, 1.807) is 17.4 Å². The third kappa shape index (κ3) is 3.24. The molecular formula is C20H18BrN3O2S. The average Bonchev–Trinajstić information content (AvgIpc) is 3.07. The van der Waals surface area contributed by atoms with Gasteiger partial charge in [0, 0.05) is 30.4 Å². The van der Waals surface area contributed by atoms with Gasteiger partial charge in [-0.15, -0.1) is 11.3 Å². The lowest BCUT2D eigenvalue weighted by Gasteiger charge is -2.44. The summed E-state index contributed by atoms with van der Waals surface area (Å²) in [7, 11) is 0. The van der Waals surface area contributed by atoms with E-state index in [1.807, 2.05) is 18.2 Å². The summed E-state index contributed by atoms with van der Waals surface area (Å²) in [5.41, 5.74) is 1.06. The van der Waals surface area contributed by atoms with E-state index in [1.165, 1.54) is 4.70 Å². The van der Waals surface area contributed by atoms with E-state index < -0.39 is 5.72 Å². The molecule has 1 fully saturated rings. The molecule has 0 aliphatic carbocycles. The normalized spacial score (nSPS) is 18.9. The predicted molar refractivity (Wildman–Crippen MR) is 109 cm³/mol. The quantitative estimate of drug-likeness (QED) is 0.645. The van der Waals surface area contributed by atoms with E-state index in [9.17, 15) is 4.79 Å². The van der Waals surface area contributed by atoms with Crippen molar-refractivity contribution in [1.82, 2.24) is 15.2 Å². The third-order valence-corrected chi connectivity index (χ3v) is 6.71. The van der Waals surface area contributed by atoms with Crippen LogP contribution in [-0.4, -0.2) is 34.6 Å². The van der Waals surface area contributed by atoms with Crippen LogP contribution in [0.25, 0.3) is 10.2 Å². The fraction of sp³-hybridized carbons (Fsp3) is 0.300. The molecule has 0 bridgehead atoms. The van der Waals surface area contributed by atoms with Gasteiger partial charge in [-0.3, -0.25) is 9.69 Å². The number of piperidine rings is 1. The van der Waals surface area contributed by atoms with E-state index in [0.717, 1.165) is 47.5 Å². The highest BCUT2D eigenvalue weighted by molar-refractivity contribution is 9.10. The van der Waals surface area contributed by atoms with Crippen LogP contribution in [0, 0.1) is 0 Å². The van der Waals surface area contributed by atoms with Crippen molar-refractivity contribution in [3.05, 3.63) is 57.5 Å². The van der Waals surface area contributed by atoms with Crippen molar-refractivity contribution >= 4 is 43.4 Å². The number of ether oxygens (including phenoxy) is 1. The molecule has 0 saturated carbocycles. The molecule has 1 aromatic heterocycles. The Morgan fingerprint density at radius 1 is 1.22 bits per heavy atom. The molecule has 1 spiro atoms. The SMILES string of the molecule is O=C1NC2(CCN(Cc3nc4ccccc4s3)CC2)Oc2ccc(Br)cc21. The van der Waals surface area contributed by atoms with Crippen LogP contribution in [0.1, 0.15) is 28.2 Å². The Hall–Kier alpha value is -1.96. The first-order valence-electron chi connectivity index (χ1n) is 8.98. The fourth-order valence-electron chi connectivity index (χ4n) is 3.76. The standard InChI is InChI=1S/C20H18BrN3O2S/c21-13-5-6-16-14(11-13)19(25)23-20(26-16)7-9-24(10-8-20)12-18-22-15-3-1-2-4-17(15)27-18/h1-6,11H,7-10,12H2,(H,23,25). The molecule has 1 amide bonds. The summed E-state index contributed by atoms with van der Waals surface area (Å²) in [6, 6.07) is 13.8. The second kappa shape index (κ2) is 6.58. The number of rotatable bonds is 2. The second-order valence-corrected chi connectivity index (χ2v) is 9.07. The molecule has 2 aliphatic rings. The summed E-state index contributed by atoms with van der Waals surface area (Å²) >= 11 is 5.16. The molecule has 2 aromatic carbocycles. The molecule has 7 heteroatoms. The number of thiazole rings is 1. The van der Waals surface area contributed by atoms with Crippen molar-refractivity contribution in [1.29, 1.82) is 0 Å². The first kappa shape index (κ1) is 17.2. The minimum absolute atomic E-state index is 0.0582. The van der Waals surface area contributed by atoms with Crippen LogP contribution in [-0.2, 0) is 6.54 Å². The first-order valence-corrected chi connectivity index (χ1v) is 10.6. The van der Waals surface area contributed by atoms with Gasteiger partial charge >= 0.3 is 0 Å². The number of amides is 1. The molecule has 5 rings (SSSR count). The van der Waals surface area contributed by atoms with Gasteiger partial charge in [-0.2, -0.15) is 0 Å². The second-order valence-electron chi connectivity index (χ2n) is 7.04. The zero-order valence-corrected chi connectivity index (χ0v) is 17.0. The lowest BCUT2D eigenvalue weighted by Crippen LogP contribution is -2.60. The Balaban J connectivity index is 1.28. The van der Waals surface area contributed by atoms with Crippen molar-refractivity contribution in [3.8, 4) is 5.75 Å². The van der Waals surface area contributed by atoms with E-state index in [4.69, 9.17) is 9.72 Å². The van der Waals surface area contributed by atoms with Gasteiger partial charge < -0.3 is 10.1 Å². The molecule has 0 radical (unpaired) electrons. The van der Waals surface area contributed by atoms with E-state index in [0.29, 0.717) is 11.3 Å². The van der Waals surface area contributed by atoms with E-state index in [2.05, 4.69) is 44.3 Å². The van der Waals surface area contributed by atoms with Crippen LogP contribution >= 0.6 is 27.3 Å². The highest BCUT2D eigenvalue weighted by Crippen LogP contribution is 2.35. The number of likely N-dealkylation sites (tertiary alicyclic amines) is 1. The Labute approximate surface area is 169 Å². The van der Waals surface area contributed by atoms with Gasteiger partial charge in [-0.25, -0.2) is 4.98 Å². The number of para-hydroxylation sites is 1. The van der Waals surface area contributed by atoms with Crippen molar-refractivity contribution in [2.24, 2.45) is 0 Å². The zero-order valence-electron chi connectivity index (χ0n) is 14.6. The van der Waals surface area contributed by atoms with Crippen molar-refractivity contribution in [3.63, 3.8) is 0 Å². The number of hydrogen-bond donors (Lipinski definition) is 1. The smallest absolute Gasteiger partial charge is 0.258 e. The van der Waals surface area contributed by atoms with Gasteiger partial charge in [0.2, 0.25) is 0 Å². The van der Waals surface area contributed by atoms with E-state index in [-0.39, 0.29) is 5.91 Å². The summed E-state index contributed by atoms with van der Waals surface area (Å²) in [4.78, 5) is 19.7. The zero-order chi connectivity index (χ0) is 18.4. The van der Waals surface area contributed by atoms with Crippen LogP contribution in [0.2, 0.25) is 0 Å². The lowest BCUT2D eigenvalue weighted by atomic mass is 9.97. The van der Waals surface area contributed by atoms with Crippen LogP contribution in [0.3, 0.4) is 0 Å². The third-order valence-electron chi connectivity index (χ3n) is 5.19. The van der Waals surface area contributed by atoms with Crippen molar-refractivity contribution in [2.75, 3.05) is 13.1 Å². The summed E-state index contributed by atoms with van der Waals surface area (Å²) in [6.45, 7) is 2.57. The van der Waals surface area contributed by atoms with Gasteiger partial charge in [0.25, 0.3) is 5.91 Å². The molecule has 3 heterocycles. The average molecular weight is 444 g/mol. The number of aromatic nitrogens is 1. The lowest BCUT2D eigenvalue weighted by molar-refractivity contribution is -0.0304.